The molecule has 9 heavy (non-hydrogen) atoms. The van der Waals surface area contributed by atoms with Crippen LogP contribution >= 0.6 is 11.6 Å². The van der Waals surface area contributed by atoms with Gasteiger partial charge in [0.25, 0.3) is 0 Å². The lowest BCUT2D eigenvalue weighted by atomic mass is 10.4. The maximum Gasteiger partial charge on any atom is 0.330 e. The van der Waals surface area contributed by atoms with E-state index in [0.29, 0.717) is 0 Å². The summed E-state index contributed by atoms with van der Waals surface area (Å²) in [5.41, 5.74) is 0.176. The fraction of sp³-hybridized carbons (Fsp3) is 0.500. The Morgan fingerprint density at radius 1 is 1.78 bits per heavy atom. The zero-order valence-corrected chi connectivity index (χ0v) is 6.40. The Bertz CT molecular complexity index is 87.2. The number of hydrogen-bond donors (Lipinski definition) is 1. The molecule has 0 heterocycles. The Morgan fingerprint density at radius 2 is 1.89 bits per heavy atom. The van der Waals surface area contributed by atoms with E-state index < -0.39 is 5.97 Å². The molecule has 2 nitrogen and oxygen atoms in total. The number of hydrogen-bond acceptors (Lipinski definition) is 1. The normalized spacial score (nSPS) is 7.00. The average Bonchev–Trinajstić information content (AvgIpc) is 1.68. The van der Waals surface area contributed by atoms with Crippen molar-refractivity contribution in [2.45, 2.75) is 13.8 Å². The van der Waals surface area contributed by atoms with Crippen LogP contribution in [0.4, 0.5) is 0 Å². The third kappa shape index (κ3) is 18.5. The molecule has 0 aliphatic carbocycles. The van der Waals surface area contributed by atoms with E-state index in [1.54, 1.807) is 0 Å². The van der Waals surface area contributed by atoms with Crippen molar-refractivity contribution in [3.05, 3.63) is 12.2 Å². The van der Waals surface area contributed by atoms with Gasteiger partial charge >= 0.3 is 5.97 Å². The number of rotatable bonds is 1. The van der Waals surface area contributed by atoms with Gasteiger partial charge in [-0.1, -0.05) is 13.5 Å². The van der Waals surface area contributed by atoms with Crippen LogP contribution in [0.25, 0.3) is 0 Å². The first-order valence-corrected chi connectivity index (χ1v) is 3.04. The van der Waals surface area contributed by atoms with Crippen LogP contribution in [0.3, 0.4) is 0 Å². The van der Waals surface area contributed by atoms with E-state index in [9.17, 15) is 4.79 Å². The van der Waals surface area contributed by atoms with Gasteiger partial charge < -0.3 is 5.11 Å². The topological polar surface area (TPSA) is 37.3 Å². The molecule has 3 heteroatoms. The predicted molar refractivity (Wildman–Crippen MR) is 38.8 cm³/mol. The minimum atomic E-state index is -0.935. The highest BCUT2D eigenvalue weighted by Crippen LogP contribution is 1.81. The highest BCUT2D eigenvalue weighted by Gasteiger charge is 1.90. The summed E-state index contributed by atoms with van der Waals surface area (Å²) in [6.45, 7) is 6.49. The fourth-order valence-electron chi connectivity index (χ4n) is 0. The van der Waals surface area contributed by atoms with Gasteiger partial charge in [-0.3, -0.25) is 0 Å². The zero-order valence-electron chi connectivity index (χ0n) is 5.65. The first-order valence-electron chi connectivity index (χ1n) is 2.51. The highest BCUT2D eigenvalue weighted by molar-refractivity contribution is 6.17. The van der Waals surface area contributed by atoms with E-state index in [2.05, 4.69) is 6.58 Å². The average molecular weight is 151 g/mol. The smallest absolute Gasteiger partial charge is 0.330 e. The van der Waals surface area contributed by atoms with E-state index in [1.807, 2.05) is 6.92 Å². The molecule has 0 fully saturated rings. The molecule has 0 atom stereocenters. The molecule has 0 aromatic rings. The van der Waals surface area contributed by atoms with Crippen molar-refractivity contribution in [1.29, 1.82) is 0 Å². The predicted octanol–water partition coefficient (Wildman–Crippen LogP) is 1.89. The molecule has 0 aromatic heterocycles. The number of carbonyl (C=O) groups is 1. The lowest BCUT2D eigenvalue weighted by Gasteiger charge is -1.79. The molecule has 0 aromatic carbocycles. The van der Waals surface area contributed by atoms with Crippen molar-refractivity contribution < 1.29 is 9.90 Å². The molecule has 0 radical (unpaired) electrons. The number of aliphatic carboxylic acids is 1. The zero-order chi connectivity index (χ0) is 7.86. The molecule has 0 saturated carbocycles. The van der Waals surface area contributed by atoms with Gasteiger partial charge in [0, 0.05) is 11.5 Å². The van der Waals surface area contributed by atoms with Gasteiger partial charge in [0.2, 0.25) is 0 Å². The first kappa shape index (κ1) is 11.3. The maximum atomic E-state index is 9.60. The van der Waals surface area contributed by atoms with E-state index in [4.69, 9.17) is 16.7 Å². The highest BCUT2D eigenvalue weighted by atomic mass is 35.5. The molecular weight excluding hydrogens is 140 g/mol. The third-order valence-electron chi connectivity index (χ3n) is 0.365. The Kier molecular flexibility index (Phi) is 9.43. The van der Waals surface area contributed by atoms with Gasteiger partial charge in [0.15, 0.2) is 0 Å². The standard InChI is InChI=1S/C4H6O2.C2H5Cl/c1-3(2)4(5)6;1-2-3/h1H2,2H3,(H,5,6);2H2,1H3. The Labute approximate surface area is 60.1 Å². The maximum absolute atomic E-state index is 9.60. The van der Waals surface area contributed by atoms with Crippen LogP contribution in [0, 0.1) is 0 Å². The van der Waals surface area contributed by atoms with Gasteiger partial charge in [0.1, 0.15) is 0 Å². The molecule has 0 amide bonds. The van der Waals surface area contributed by atoms with Crippen molar-refractivity contribution >= 4 is 17.6 Å². The van der Waals surface area contributed by atoms with Crippen LogP contribution in [0.1, 0.15) is 13.8 Å². The molecule has 0 saturated heterocycles. The Hall–Kier alpha value is -0.500. The quantitative estimate of drug-likeness (QED) is 0.458. The third-order valence-corrected chi connectivity index (χ3v) is 0.365. The lowest BCUT2D eigenvalue weighted by Crippen LogP contribution is -1.92. The fourth-order valence-corrected chi connectivity index (χ4v) is 0. The second-order valence-electron chi connectivity index (χ2n) is 1.35. The van der Waals surface area contributed by atoms with Crippen molar-refractivity contribution in [2.75, 3.05) is 5.88 Å². The van der Waals surface area contributed by atoms with E-state index in [1.165, 1.54) is 6.92 Å². The molecule has 0 aliphatic heterocycles. The largest absolute Gasteiger partial charge is 0.478 e. The molecule has 0 unspecified atom stereocenters. The first-order chi connectivity index (χ1) is 4.06. The number of halogens is 1. The molecule has 1 N–H and O–H groups in total. The second-order valence-corrected chi connectivity index (χ2v) is 1.89. The summed E-state index contributed by atoms with van der Waals surface area (Å²) in [4.78, 5) is 9.60. The summed E-state index contributed by atoms with van der Waals surface area (Å²) >= 11 is 5.00. The van der Waals surface area contributed by atoms with Crippen LogP contribution in [0.15, 0.2) is 12.2 Å². The second kappa shape index (κ2) is 7.50. The van der Waals surface area contributed by atoms with E-state index in [-0.39, 0.29) is 5.57 Å². The number of carboxylic acids is 1. The molecule has 0 rings (SSSR count). The van der Waals surface area contributed by atoms with Crippen molar-refractivity contribution in [3.63, 3.8) is 0 Å². The monoisotopic (exact) mass is 150 g/mol. The SMILES string of the molecule is C=C(C)C(=O)O.CCCl. The van der Waals surface area contributed by atoms with Crippen LogP contribution in [-0.4, -0.2) is 17.0 Å². The number of carboxylic acid groups (broad SMARTS) is 1. The summed E-state index contributed by atoms with van der Waals surface area (Å²) < 4.78 is 0. The van der Waals surface area contributed by atoms with Crippen molar-refractivity contribution in [3.8, 4) is 0 Å². The van der Waals surface area contributed by atoms with Crippen LogP contribution in [-0.2, 0) is 4.79 Å². The van der Waals surface area contributed by atoms with Gasteiger partial charge in [-0.15, -0.1) is 11.6 Å². The number of alkyl halides is 1. The summed E-state index contributed by atoms with van der Waals surface area (Å²) in [6.07, 6.45) is 0. The van der Waals surface area contributed by atoms with Crippen LogP contribution in [0.2, 0.25) is 0 Å². The molecular formula is C6H11ClO2. The van der Waals surface area contributed by atoms with E-state index >= 15 is 0 Å². The summed E-state index contributed by atoms with van der Waals surface area (Å²) in [5, 5.41) is 7.89. The van der Waals surface area contributed by atoms with Gasteiger partial charge in [0.05, 0.1) is 0 Å². The summed E-state index contributed by atoms with van der Waals surface area (Å²) in [6, 6.07) is 0. The van der Waals surface area contributed by atoms with Crippen molar-refractivity contribution in [2.24, 2.45) is 0 Å². The summed E-state index contributed by atoms with van der Waals surface area (Å²) in [7, 11) is 0. The Balaban J connectivity index is 0. The van der Waals surface area contributed by atoms with Crippen molar-refractivity contribution in [1.82, 2.24) is 0 Å². The lowest BCUT2D eigenvalue weighted by molar-refractivity contribution is -0.132. The molecule has 0 aliphatic rings. The molecule has 0 spiro atoms. The Morgan fingerprint density at radius 3 is 1.89 bits per heavy atom. The molecule has 54 valence electrons. The minimum Gasteiger partial charge on any atom is -0.478 e. The van der Waals surface area contributed by atoms with E-state index in [0.717, 1.165) is 5.88 Å². The van der Waals surface area contributed by atoms with Crippen LogP contribution in [0.5, 0.6) is 0 Å². The molecule has 0 bridgehead atoms. The minimum absolute atomic E-state index is 0.176. The van der Waals surface area contributed by atoms with Gasteiger partial charge in [-0.05, 0) is 6.92 Å². The van der Waals surface area contributed by atoms with Gasteiger partial charge in [-0.25, -0.2) is 4.79 Å². The van der Waals surface area contributed by atoms with Gasteiger partial charge in [-0.2, -0.15) is 0 Å². The summed E-state index contributed by atoms with van der Waals surface area (Å²) in [5.74, 6) is -0.213. The van der Waals surface area contributed by atoms with Crippen LogP contribution < -0.4 is 0 Å².